The Labute approximate surface area is 107 Å². The predicted molar refractivity (Wildman–Crippen MR) is 69.3 cm³/mol. The van der Waals surface area contributed by atoms with Crippen molar-refractivity contribution in [1.29, 1.82) is 0 Å². The molecule has 0 spiro atoms. The van der Waals surface area contributed by atoms with E-state index in [4.69, 9.17) is 10.5 Å². The average molecular weight is 249 g/mol. The number of alkyl halides is 1. The Morgan fingerprint density at radius 2 is 2.11 bits per heavy atom. The minimum Gasteiger partial charge on any atom is -0.490 e. The van der Waals surface area contributed by atoms with Crippen LogP contribution in [0, 0.1) is 0 Å². The quantitative estimate of drug-likeness (QED) is 0.892. The Morgan fingerprint density at radius 3 is 2.83 bits per heavy atom. The molecular weight excluding hydrogens is 229 g/mol. The number of hydrogen-bond donors (Lipinski definition) is 1. The number of ether oxygens (including phenoxy) is 1. The van der Waals surface area contributed by atoms with E-state index >= 15 is 0 Å². The van der Waals surface area contributed by atoms with Crippen LogP contribution in [0.1, 0.15) is 44.1 Å². The second kappa shape index (κ2) is 4.54. The molecule has 3 heteroatoms. The van der Waals surface area contributed by atoms with Crippen LogP contribution in [0.15, 0.2) is 24.3 Å². The molecule has 3 rings (SSSR count). The van der Waals surface area contributed by atoms with Gasteiger partial charge in [0, 0.05) is 12.5 Å². The average Bonchev–Trinajstić information content (AvgIpc) is 3.13. The molecule has 2 saturated carbocycles. The summed E-state index contributed by atoms with van der Waals surface area (Å²) in [6, 6.07) is 7.49. The predicted octanol–water partition coefficient (Wildman–Crippen LogP) is 3.29. The van der Waals surface area contributed by atoms with Crippen molar-refractivity contribution in [3.05, 3.63) is 29.8 Å². The van der Waals surface area contributed by atoms with Crippen LogP contribution in [0.3, 0.4) is 0 Å². The topological polar surface area (TPSA) is 35.2 Å². The smallest absolute Gasteiger partial charge is 0.137 e. The standard InChI is InChI=1S/C15H20FNO/c16-15(8-2-4-12(17)10-15)11-3-1-5-14(9-11)18-13-6-7-13/h1,3,5,9,12-13H,2,4,6-8,10,17H2. The van der Waals surface area contributed by atoms with E-state index in [1.165, 1.54) is 0 Å². The summed E-state index contributed by atoms with van der Waals surface area (Å²) in [5, 5.41) is 0. The summed E-state index contributed by atoms with van der Waals surface area (Å²) in [6.07, 6.45) is 5.40. The van der Waals surface area contributed by atoms with E-state index in [0.29, 0.717) is 18.9 Å². The summed E-state index contributed by atoms with van der Waals surface area (Å²) in [5.41, 5.74) is 5.37. The maximum atomic E-state index is 15.0. The molecular formula is C15H20FNO. The van der Waals surface area contributed by atoms with Gasteiger partial charge in [0.25, 0.3) is 0 Å². The van der Waals surface area contributed by atoms with Gasteiger partial charge in [-0.2, -0.15) is 0 Å². The van der Waals surface area contributed by atoms with Gasteiger partial charge >= 0.3 is 0 Å². The molecule has 98 valence electrons. The number of hydrogen-bond acceptors (Lipinski definition) is 2. The Bertz CT molecular complexity index is 432. The van der Waals surface area contributed by atoms with E-state index in [2.05, 4.69) is 0 Å². The van der Waals surface area contributed by atoms with Crippen molar-refractivity contribution >= 4 is 0 Å². The van der Waals surface area contributed by atoms with Crippen molar-refractivity contribution < 1.29 is 9.13 Å². The van der Waals surface area contributed by atoms with Gasteiger partial charge in [-0.1, -0.05) is 12.1 Å². The Morgan fingerprint density at radius 1 is 1.28 bits per heavy atom. The highest BCUT2D eigenvalue weighted by molar-refractivity contribution is 5.33. The molecule has 0 heterocycles. The Balaban J connectivity index is 1.81. The van der Waals surface area contributed by atoms with Crippen molar-refractivity contribution in [2.45, 2.75) is 56.3 Å². The van der Waals surface area contributed by atoms with Crippen LogP contribution in [0.2, 0.25) is 0 Å². The maximum Gasteiger partial charge on any atom is 0.137 e. The van der Waals surface area contributed by atoms with E-state index in [0.717, 1.165) is 37.0 Å². The van der Waals surface area contributed by atoms with Gasteiger partial charge in [-0.15, -0.1) is 0 Å². The van der Waals surface area contributed by atoms with E-state index < -0.39 is 5.67 Å². The van der Waals surface area contributed by atoms with Crippen LogP contribution < -0.4 is 10.5 Å². The fourth-order valence-electron chi connectivity index (χ4n) is 2.75. The van der Waals surface area contributed by atoms with Crippen molar-refractivity contribution in [1.82, 2.24) is 0 Å². The van der Waals surface area contributed by atoms with Crippen LogP contribution in [0.5, 0.6) is 5.75 Å². The van der Waals surface area contributed by atoms with Gasteiger partial charge in [-0.3, -0.25) is 0 Å². The van der Waals surface area contributed by atoms with Crippen LogP contribution in [-0.2, 0) is 5.67 Å². The van der Waals surface area contributed by atoms with Crippen molar-refractivity contribution in [3.8, 4) is 5.75 Å². The minimum atomic E-state index is -1.26. The molecule has 1 aromatic carbocycles. The minimum absolute atomic E-state index is 0.0169. The summed E-state index contributed by atoms with van der Waals surface area (Å²) in [4.78, 5) is 0. The summed E-state index contributed by atoms with van der Waals surface area (Å²) in [6.45, 7) is 0. The van der Waals surface area contributed by atoms with Gasteiger partial charge in [0.2, 0.25) is 0 Å². The zero-order valence-corrected chi connectivity index (χ0v) is 10.6. The molecule has 18 heavy (non-hydrogen) atoms. The highest BCUT2D eigenvalue weighted by Gasteiger charge is 2.37. The lowest BCUT2D eigenvalue weighted by Crippen LogP contribution is -2.36. The number of benzene rings is 1. The van der Waals surface area contributed by atoms with Gasteiger partial charge in [0.05, 0.1) is 6.10 Å². The molecule has 0 saturated heterocycles. The largest absolute Gasteiger partial charge is 0.490 e. The molecule has 2 unspecified atom stereocenters. The molecule has 2 aliphatic rings. The summed E-state index contributed by atoms with van der Waals surface area (Å²) in [7, 11) is 0. The van der Waals surface area contributed by atoms with Gasteiger partial charge in [-0.25, -0.2) is 4.39 Å². The molecule has 2 nitrogen and oxygen atoms in total. The molecule has 2 N–H and O–H groups in total. The third kappa shape index (κ3) is 2.51. The molecule has 2 fully saturated rings. The first kappa shape index (κ1) is 12.0. The Hall–Kier alpha value is -1.09. The van der Waals surface area contributed by atoms with Gasteiger partial charge in [-0.05, 0) is 49.8 Å². The highest BCUT2D eigenvalue weighted by Crippen LogP contribution is 2.41. The molecule has 1 aromatic rings. The lowest BCUT2D eigenvalue weighted by atomic mass is 9.79. The summed E-state index contributed by atoms with van der Waals surface area (Å²) in [5.74, 6) is 0.797. The molecule has 2 atom stereocenters. The number of nitrogens with two attached hydrogens (primary N) is 1. The lowest BCUT2D eigenvalue weighted by molar-refractivity contribution is 0.0943. The normalized spacial score (nSPS) is 32.2. The third-order valence-corrected chi connectivity index (χ3v) is 3.91. The molecule has 2 aliphatic carbocycles. The first-order chi connectivity index (χ1) is 8.66. The maximum absolute atomic E-state index is 15.0. The van der Waals surface area contributed by atoms with Crippen molar-refractivity contribution in [2.75, 3.05) is 0 Å². The molecule has 0 bridgehead atoms. The molecule has 0 aliphatic heterocycles. The fourth-order valence-corrected chi connectivity index (χ4v) is 2.75. The van der Waals surface area contributed by atoms with Gasteiger partial charge in [0.1, 0.15) is 11.4 Å². The van der Waals surface area contributed by atoms with Gasteiger partial charge in [0.15, 0.2) is 0 Å². The van der Waals surface area contributed by atoms with Crippen molar-refractivity contribution in [2.24, 2.45) is 5.73 Å². The molecule has 0 amide bonds. The zero-order valence-electron chi connectivity index (χ0n) is 10.6. The van der Waals surface area contributed by atoms with Gasteiger partial charge < -0.3 is 10.5 Å². The summed E-state index contributed by atoms with van der Waals surface area (Å²) >= 11 is 0. The first-order valence-corrected chi connectivity index (χ1v) is 6.87. The van der Waals surface area contributed by atoms with E-state index in [-0.39, 0.29) is 6.04 Å². The third-order valence-electron chi connectivity index (χ3n) is 3.91. The second-order valence-electron chi connectivity index (χ2n) is 5.67. The Kier molecular flexibility index (Phi) is 3.02. The highest BCUT2D eigenvalue weighted by atomic mass is 19.1. The number of halogens is 1. The van der Waals surface area contributed by atoms with Crippen LogP contribution >= 0.6 is 0 Å². The number of rotatable bonds is 3. The van der Waals surface area contributed by atoms with Crippen LogP contribution in [0.4, 0.5) is 4.39 Å². The molecule has 0 radical (unpaired) electrons. The summed E-state index contributed by atoms with van der Waals surface area (Å²) < 4.78 is 20.7. The first-order valence-electron chi connectivity index (χ1n) is 6.87. The van der Waals surface area contributed by atoms with Crippen LogP contribution in [-0.4, -0.2) is 12.1 Å². The SMILES string of the molecule is NC1CCCC(F)(c2cccc(OC3CC3)c2)C1. The zero-order chi connectivity index (χ0) is 12.6. The monoisotopic (exact) mass is 249 g/mol. The van der Waals surface area contributed by atoms with E-state index in [1.807, 2.05) is 24.3 Å². The second-order valence-corrected chi connectivity index (χ2v) is 5.67. The van der Waals surface area contributed by atoms with Crippen LogP contribution in [0.25, 0.3) is 0 Å². The fraction of sp³-hybridized carbons (Fsp3) is 0.600. The molecule has 0 aromatic heterocycles. The van der Waals surface area contributed by atoms with E-state index in [1.54, 1.807) is 0 Å². The lowest BCUT2D eigenvalue weighted by Gasteiger charge is -2.33. The van der Waals surface area contributed by atoms with E-state index in [9.17, 15) is 4.39 Å². The van der Waals surface area contributed by atoms with Crippen molar-refractivity contribution in [3.63, 3.8) is 0 Å².